The fourth-order valence-electron chi connectivity index (χ4n) is 0. The quantitative estimate of drug-likeness (QED) is 0.166. The van der Waals surface area contributed by atoms with E-state index in [-0.39, 0.29) is 5.96 Å². The van der Waals surface area contributed by atoms with Gasteiger partial charge in [-0.1, -0.05) is 0 Å². The Bertz CT molecular complexity index is 35.2. The largest absolute Gasteiger partial charge is 0.370 e. The first-order chi connectivity index (χ1) is 2.73. The summed E-state index contributed by atoms with van der Waals surface area (Å²) < 4.78 is 0. The van der Waals surface area contributed by atoms with E-state index in [2.05, 4.69) is 11.5 Å². The molecule has 35 valence electrons. The number of nitrogens with zero attached hydrogens (tertiary/aromatic N) is 1. The van der Waals surface area contributed by atoms with Crippen LogP contribution in [0.5, 0.6) is 0 Å². The maximum Gasteiger partial charge on any atom is 0.183 e. The highest BCUT2D eigenvalue weighted by Crippen LogP contribution is 1.13. The van der Waals surface area contributed by atoms with E-state index in [1.807, 2.05) is 0 Å². The molecule has 0 unspecified atom stereocenters. The highest BCUT2D eigenvalue weighted by atomic mass is 14.9. The van der Waals surface area contributed by atoms with Gasteiger partial charge in [0.15, 0.2) is 5.96 Å². The molecule has 0 rings (SSSR count). The summed E-state index contributed by atoms with van der Waals surface area (Å²) in [5, 5.41) is 6.06. The van der Waals surface area contributed by atoms with Crippen molar-refractivity contribution in [2.75, 3.05) is 0 Å². The molecule has 0 saturated carbocycles. The molecule has 0 aromatic rings. The molecule has 0 fully saturated rings. The van der Waals surface area contributed by atoms with Gasteiger partial charge in [-0.15, -0.1) is 0 Å². The van der Waals surface area contributed by atoms with Gasteiger partial charge in [-0.25, -0.2) is 0 Å². The van der Waals surface area contributed by atoms with Crippen molar-refractivity contribution in [3.63, 3.8) is 0 Å². The zero-order chi connectivity index (χ0) is 5.58. The van der Waals surface area contributed by atoms with E-state index in [0.29, 0.717) is 0 Å². The van der Waals surface area contributed by atoms with Crippen LogP contribution in [0.3, 0.4) is 0 Å². The average Bonchev–Trinajstić information content (AvgIpc) is 1.41. The minimum absolute atomic E-state index is 0.333. The third kappa shape index (κ3) is 7.86. The lowest BCUT2D eigenvalue weighted by Gasteiger charge is -1.69. The summed E-state index contributed by atoms with van der Waals surface area (Å²) in [4.78, 5) is 0. The molecule has 0 aliphatic rings. The van der Waals surface area contributed by atoms with Crippen LogP contribution in [-0.4, -0.2) is 5.96 Å². The lowest BCUT2D eigenvalue weighted by atomic mass is 11.1. The standard InChI is InChI=1S/CH5N3.HN2/c2-1(3)4;1-2/h(H5,2,3,4);1H. The van der Waals surface area contributed by atoms with Crippen molar-refractivity contribution in [2.24, 2.45) is 11.5 Å². The van der Waals surface area contributed by atoms with Crippen molar-refractivity contribution in [3.8, 4) is 0 Å². The number of guanidine groups is 1. The van der Waals surface area contributed by atoms with Gasteiger partial charge in [0.1, 0.15) is 0 Å². The third-order valence-electron chi connectivity index (χ3n) is 0. The average molecular weight is 88.1 g/mol. The predicted octanol–water partition coefficient (Wildman–Crippen LogP) is -1.34. The van der Waals surface area contributed by atoms with Crippen molar-refractivity contribution < 1.29 is 0 Å². The van der Waals surface area contributed by atoms with Crippen molar-refractivity contribution >= 4 is 5.96 Å². The van der Waals surface area contributed by atoms with E-state index in [1.165, 1.54) is 0 Å². The summed E-state index contributed by atoms with van der Waals surface area (Å²) in [6.07, 6.45) is 0. The highest BCUT2D eigenvalue weighted by Gasteiger charge is 1.52. The van der Waals surface area contributed by atoms with Gasteiger partial charge in [-0.05, 0) is 5.53 Å². The Labute approximate surface area is 35.1 Å². The summed E-state index contributed by atoms with van der Waals surface area (Å²) in [5.74, 6) is -0.333. The van der Waals surface area contributed by atoms with Crippen LogP contribution >= 0.6 is 0 Å². The van der Waals surface area contributed by atoms with E-state index in [4.69, 9.17) is 16.5 Å². The second kappa shape index (κ2) is 9.12. The van der Waals surface area contributed by atoms with E-state index in [9.17, 15) is 0 Å². The molecule has 6 heavy (non-hydrogen) atoms. The van der Waals surface area contributed by atoms with Gasteiger partial charge < -0.3 is 11.5 Å². The van der Waals surface area contributed by atoms with Crippen molar-refractivity contribution in [2.45, 2.75) is 0 Å². The molecule has 0 saturated heterocycles. The minimum atomic E-state index is -0.333. The fraction of sp³-hybridized carbons (Fsp3) is 0. The summed E-state index contributed by atoms with van der Waals surface area (Å²) in [5.41, 5.74) is 19.9. The Morgan fingerprint density at radius 2 is 1.33 bits per heavy atom. The molecule has 0 bridgehead atoms. The lowest BCUT2D eigenvalue weighted by Crippen LogP contribution is -2.20. The molecule has 5 heteroatoms. The predicted molar refractivity (Wildman–Crippen MR) is 21.0 cm³/mol. The molecule has 5 nitrogen and oxygen atoms in total. The van der Waals surface area contributed by atoms with Crippen LogP contribution in [0.1, 0.15) is 0 Å². The molecule has 0 aromatic carbocycles. The van der Waals surface area contributed by atoms with Crippen LogP contribution in [-0.2, 0) is 0 Å². The van der Waals surface area contributed by atoms with Crippen LogP contribution in [0.4, 0.5) is 0 Å². The number of hydrogen-bond acceptors (Lipinski definition) is 2. The topological polar surface area (TPSA) is 122 Å². The van der Waals surface area contributed by atoms with Crippen LogP contribution in [0.25, 0.3) is 0 Å². The first-order valence-electron chi connectivity index (χ1n) is 1.05. The molecule has 0 aromatic heterocycles. The molecule has 0 aliphatic carbocycles. The van der Waals surface area contributed by atoms with Crippen molar-refractivity contribution in [3.05, 3.63) is 0 Å². The van der Waals surface area contributed by atoms with Crippen LogP contribution < -0.4 is 17.0 Å². The smallest absolute Gasteiger partial charge is 0.183 e. The molecule has 0 amide bonds. The van der Waals surface area contributed by atoms with Crippen LogP contribution in [0.2, 0.25) is 0 Å². The molecule has 6 N–H and O–H groups in total. The van der Waals surface area contributed by atoms with Gasteiger partial charge >= 0.3 is 0 Å². The van der Waals surface area contributed by atoms with Gasteiger partial charge in [0.2, 0.25) is 0 Å². The van der Waals surface area contributed by atoms with Crippen LogP contribution in [0, 0.1) is 10.9 Å². The van der Waals surface area contributed by atoms with Gasteiger partial charge in [0, 0.05) is 0 Å². The summed E-state index contributed by atoms with van der Waals surface area (Å²) in [7, 11) is 0. The first-order valence-corrected chi connectivity index (χ1v) is 1.05. The van der Waals surface area contributed by atoms with Crippen LogP contribution in [0.15, 0.2) is 0 Å². The summed E-state index contributed by atoms with van der Waals surface area (Å²) in [6, 6.07) is 0. The molecule has 0 atom stereocenters. The second-order valence-corrected chi connectivity index (χ2v) is 0.455. The SMILES string of the molecule is N=C(N)N.[N]=N. The number of rotatable bonds is 0. The normalized spacial score (nSPS) is 4.67. The zero-order valence-electron chi connectivity index (χ0n) is 3.10. The van der Waals surface area contributed by atoms with E-state index in [0.717, 1.165) is 0 Å². The van der Waals surface area contributed by atoms with Gasteiger partial charge in [0.05, 0.1) is 0 Å². The molecular weight excluding hydrogens is 82.0 g/mol. The van der Waals surface area contributed by atoms with Gasteiger partial charge in [-0.2, -0.15) is 5.53 Å². The second-order valence-electron chi connectivity index (χ2n) is 0.455. The van der Waals surface area contributed by atoms with Crippen molar-refractivity contribution in [1.29, 1.82) is 10.9 Å². The molecule has 0 spiro atoms. The maximum absolute atomic E-state index is 6.25. The Kier molecular flexibility index (Phi) is 13.5. The summed E-state index contributed by atoms with van der Waals surface area (Å²) >= 11 is 0. The molecule has 1 radical (unpaired) electrons. The maximum atomic E-state index is 6.25. The Morgan fingerprint density at radius 3 is 1.33 bits per heavy atom. The Morgan fingerprint density at radius 1 is 1.33 bits per heavy atom. The molecule has 0 aliphatic heterocycles. The summed E-state index contributed by atoms with van der Waals surface area (Å²) in [6.45, 7) is 0. The van der Waals surface area contributed by atoms with Gasteiger partial charge in [0.25, 0.3) is 0 Å². The Hall–Kier alpha value is -1.13. The van der Waals surface area contributed by atoms with E-state index in [1.54, 1.807) is 0 Å². The van der Waals surface area contributed by atoms with Crippen molar-refractivity contribution in [1.82, 2.24) is 5.53 Å². The highest BCUT2D eigenvalue weighted by molar-refractivity contribution is 5.71. The number of hydrogen-bond donors (Lipinski definition) is 4. The lowest BCUT2D eigenvalue weighted by molar-refractivity contribution is 1.21. The third-order valence-corrected chi connectivity index (χ3v) is 0. The molecule has 0 heterocycles. The fourth-order valence-corrected chi connectivity index (χ4v) is 0. The number of nitrogens with two attached hydrogens (primary N) is 2. The van der Waals surface area contributed by atoms with Gasteiger partial charge in [-0.3, -0.25) is 5.41 Å². The first kappa shape index (κ1) is 8.85. The Balaban J connectivity index is 0. The minimum Gasteiger partial charge on any atom is -0.370 e. The molecular formula is CH6N5. The van der Waals surface area contributed by atoms with E-state index < -0.39 is 0 Å². The number of nitrogens with one attached hydrogen (secondary N) is 2. The zero-order valence-corrected chi connectivity index (χ0v) is 3.10. The monoisotopic (exact) mass is 88.1 g/mol. The van der Waals surface area contributed by atoms with E-state index >= 15 is 0 Å².